The van der Waals surface area contributed by atoms with Crippen LogP contribution in [-0.4, -0.2) is 46.1 Å². The van der Waals surface area contributed by atoms with Crippen LogP contribution in [0, 0.1) is 6.92 Å². The van der Waals surface area contributed by atoms with Gasteiger partial charge in [-0.05, 0) is 50.3 Å². The van der Waals surface area contributed by atoms with E-state index in [4.69, 9.17) is 9.97 Å². The van der Waals surface area contributed by atoms with Crippen LogP contribution in [-0.2, 0) is 0 Å². The summed E-state index contributed by atoms with van der Waals surface area (Å²) >= 11 is 0. The third kappa shape index (κ3) is 3.74. The molecule has 0 aliphatic carbocycles. The van der Waals surface area contributed by atoms with Crippen LogP contribution in [0.15, 0.2) is 49.1 Å². The Labute approximate surface area is 178 Å². The lowest BCUT2D eigenvalue weighted by atomic mass is 9.90. The van der Waals surface area contributed by atoms with Gasteiger partial charge in [0.2, 0.25) is 5.95 Å². The molecule has 0 aromatic carbocycles. The summed E-state index contributed by atoms with van der Waals surface area (Å²) in [4.78, 5) is 23.6. The van der Waals surface area contributed by atoms with Gasteiger partial charge in [0.1, 0.15) is 5.82 Å². The third-order valence-corrected chi connectivity index (χ3v) is 6.26. The van der Waals surface area contributed by atoms with Gasteiger partial charge in [-0.2, -0.15) is 0 Å². The zero-order chi connectivity index (χ0) is 20.3. The van der Waals surface area contributed by atoms with Crippen molar-refractivity contribution in [3.05, 3.63) is 60.3 Å². The smallest absolute Gasteiger partial charge is 0.225 e. The molecule has 0 amide bonds. The maximum Gasteiger partial charge on any atom is 0.225 e. The minimum atomic E-state index is 0.347. The van der Waals surface area contributed by atoms with E-state index in [-0.39, 0.29) is 0 Å². The first-order valence-electron chi connectivity index (χ1n) is 11.0. The van der Waals surface area contributed by atoms with Crippen molar-refractivity contribution < 1.29 is 0 Å². The van der Waals surface area contributed by atoms with Crippen molar-refractivity contribution in [3.63, 3.8) is 0 Å². The number of pyridine rings is 2. The lowest BCUT2D eigenvalue weighted by molar-refractivity contribution is 0.498. The van der Waals surface area contributed by atoms with Crippen LogP contribution in [0.3, 0.4) is 0 Å². The van der Waals surface area contributed by atoms with Gasteiger partial charge in [-0.1, -0.05) is 12.1 Å². The zero-order valence-electron chi connectivity index (χ0n) is 17.5. The second-order valence-corrected chi connectivity index (χ2v) is 8.33. The molecule has 0 unspecified atom stereocenters. The van der Waals surface area contributed by atoms with Gasteiger partial charge in [0.25, 0.3) is 0 Å². The van der Waals surface area contributed by atoms with E-state index in [1.165, 1.54) is 18.4 Å². The Hall–Kier alpha value is -3.02. The Kier molecular flexibility index (Phi) is 5.30. The molecule has 5 rings (SSSR count). The maximum absolute atomic E-state index is 5.15. The molecule has 0 spiro atoms. The summed E-state index contributed by atoms with van der Waals surface area (Å²) in [5.74, 6) is 2.32. The average molecular weight is 401 g/mol. The number of nitrogens with zero attached hydrogens (tertiary/aromatic N) is 6. The van der Waals surface area contributed by atoms with Gasteiger partial charge < -0.3 is 9.80 Å². The molecule has 2 saturated heterocycles. The van der Waals surface area contributed by atoms with E-state index in [1.54, 1.807) is 0 Å². The first-order chi connectivity index (χ1) is 14.8. The Morgan fingerprint density at radius 3 is 2.53 bits per heavy atom. The fourth-order valence-electron chi connectivity index (χ4n) is 4.71. The molecule has 2 fully saturated rings. The van der Waals surface area contributed by atoms with Crippen LogP contribution in [0.1, 0.15) is 42.9 Å². The highest BCUT2D eigenvalue weighted by Crippen LogP contribution is 2.35. The number of piperidine rings is 1. The molecule has 2 aliphatic rings. The Morgan fingerprint density at radius 1 is 0.900 bits per heavy atom. The molecule has 0 bridgehead atoms. The second-order valence-electron chi connectivity index (χ2n) is 8.33. The number of rotatable bonds is 4. The van der Waals surface area contributed by atoms with Crippen LogP contribution in [0.25, 0.3) is 11.1 Å². The van der Waals surface area contributed by atoms with E-state index in [9.17, 15) is 0 Å². The third-order valence-electron chi connectivity index (χ3n) is 6.26. The molecule has 30 heavy (non-hydrogen) atoms. The van der Waals surface area contributed by atoms with E-state index in [2.05, 4.69) is 38.8 Å². The zero-order valence-corrected chi connectivity index (χ0v) is 17.5. The topological polar surface area (TPSA) is 58.0 Å². The van der Waals surface area contributed by atoms with Crippen molar-refractivity contribution in [2.75, 3.05) is 36.0 Å². The minimum absolute atomic E-state index is 0.347. The van der Waals surface area contributed by atoms with Gasteiger partial charge in [-0.25, -0.2) is 15.0 Å². The molecule has 6 nitrogen and oxygen atoms in total. The first kappa shape index (κ1) is 19.0. The normalized spacial score (nSPS) is 19.3. The summed E-state index contributed by atoms with van der Waals surface area (Å²) in [6.45, 7) is 6.22. The quantitative estimate of drug-likeness (QED) is 0.653. The number of aryl methyl sites for hydroxylation is 1. The molecule has 2 aliphatic heterocycles. The molecule has 1 atom stereocenters. The summed E-state index contributed by atoms with van der Waals surface area (Å²) < 4.78 is 0. The van der Waals surface area contributed by atoms with Crippen molar-refractivity contribution in [2.24, 2.45) is 0 Å². The standard InChI is InChI=1S/C24H28N6/c1-18-7-4-11-26-23(18)30-14-6-9-20(17-30)22-21(19-8-5-10-25-15-19)16-27-24(28-22)29-12-2-3-13-29/h4-5,7-8,10-11,15-16,20H,2-3,6,9,12-14,17H2,1H3/t20-/m1/s1. The number of anilines is 2. The van der Waals surface area contributed by atoms with Gasteiger partial charge in [0.05, 0.1) is 5.69 Å². The number of hydrogen-bond donors (Lipinski definition) is 0. The monoisotopic (exact) mass is 400 g/mol. The molecule has 0 radical (unpaired) electrons. The van der Waals surface area contributed by atoms with E-state index in [0.29, 0.717) is 5.92 Å². The fraction of sp³-hybridized carbons (Fsp3) is 0.417. The van der Waals surface area contributed by atoms with Gasteiger partial charge >= 0.3 is 0 Å². The van der Waals surface area contributed by atoms with Crippen molar-refractivity contribution in [2.45, 2.75) is 38.5 Å². The molecule has 0 N–H and O–H groups in total. The molecule has 6 heteroatoms. The summed E-state index contributed by atoms with van der Waals surface area (Å²) in [6, 6.07) is 8.24. The fourth-order valence-corrected chi connectivity index (χ4v) is 4.71. The lowest BCUT2D eigenvalue weighted by Crippen LogP contribution is -2.36. The van der Waals surface area contributed by atoms with E-state index in [1.807, 2.05) is 36.9 Å². The van der Waals surface area contributed by atoms with Crippen LogP contribution in [0.5, 0.6) is 0 Å². The number of hydrogen-bond acceptors (Lipinski definition) is 6. The van der Waals surface area contributed by atoms with Crippen LogP contribution in [0.2, 0.25) is 0 Å². The van der Waals surface area contributed by atoms with Crippen molar-refractivity contribution in [1.29, 1.82) is 0 Å². The van der Waals surface area contributed by atoms with E-state index in [0.717, 1.165) is 67.6 Å². The Bertz CT molecular complexity index is 1000. The van der Waals surface area contributed by atoms with E-state index >= 15 is 0 Å². The van der Waals surface area contributed by atoms with Crippen LogP contribution < -0.4 is 9.80 Å². The molecule has 0 saturated carbocycles. The Morgan fingerprint density at radius 2 is 1.73 bits per heavy atom. The summed E-state index contributed by atoms with van der Waals surface area (Å²) in [6.07, 6.45) is 12.3. The predicted molar refractivity (Wildman–Crippen MR) is 120 cm³/mol. The molecule has 5 heterocycles. The van der Waals surface area contributed by atoms with Crippen molar-refractivity contribution in [3.8, 4) is 11.1 Å². The summed E-state index contributed by atoms with van der Waals surface area (Å²) in [5.41, 5.74) is 4.58. The van der Waals surface area contributed by atoms with Crippen LogP contribution >= 0.6 is 0 Å². The van der Waals surface area contributed by atoms with E-state index < -0.39 is 0 Å². The molecule has 3 aromatic rings. The molecular formula is C24H28N6. The first-order valence-corrected chi connectivity index (χ1v) is 11.0. The predicted octanol–water partition coefficient (Wildman–Crippen LogP) is 4.23. The van der Waals surface area contributed by atoms with Crippen molar-refractivity contribution >= 4 is 11.8 Å². The lowest BCUT2D eigenvalue weighted by Gasteiger charge is -2.35. The molecule has 3 aromatic heterocycles. The van der Waals surface area contributed by atoms with Gasteiger partial charge in [0.15, 0.2) is 0 Å². The summed E-state index contributed by atoms with van der Waals surface area (Å²) in [5, 5.41) is 0. The average Bonchev–Trinajstić information content (AvgIpc) is 3.35. The second kappa shape index (κ2) is 8.38. The highest BCUT2D eigenvalue weighted by Gasteiger charge is 2.28. The van der Waals surface area contributed by atoms with Gasteiger partial charge in [0, 0.05) is 68.0 Å². The highest BCUT2D eigenvalue weighted by atomic mass is 15.3. The van der Waals surface area contributed by atoms with Crippen LogP contribution in [0.4, 0.5) is 11.8 Å². The van der Waals surface area contributed by atoms with Gasteiger partial charge in [-0.3, -0.25) is 4.98 Å². The highest BCUT2D eigenvalue weighted by molar-refractivity contribution is 5.66. The molecule has 154 valence electrons. The maximum atomic E-state index is 5.15. The Balaban J connectivity index is 1.52. The van der Waals surface area contributed by atoms with Gasteiger partial charge in [-0.15, -0.1) is 0 Å². The minimum Gasteiger partial charge on any atom is -0.356 e. The molecular weight excluding hydrogens is 372 g/mol. The largest absolute Gasteiger partial charge is 0.356 e. The number of aromatic nitrogens is 4. The summed E-state index contributed by atoms with van der Waals surface area (Å²) in [7, 11) is 0. The van der Waals surface area contributed by atoms with Crippen molar-refractivity contribution in [1.82, 2.24) is 19.9 Å². The SMILES string of the molecule is Cc1cccnc1N1CCC[C@@H](c2nc(N3CCCC3)ncc2-c2cccnc2)C1.